The number of anilines is 3. The molecule has 7 aromatic carbocycles. The fourth-order valence-corrected chi connectivity index (χ4v) is 7.98. The van der Waals surface area contributed by atoms with E-state index in [0.717, 1.165) is 17.1 Å². The van der Waals surface area contributed by atoms with Crippen LogP contribution in [-0.2, 0) is 0 Å². The van der Waals surface area contributed by atoms with Crippen molar-refractivity contribution in [2.75, 3.05) is 4.90 Å². The van der Waals surface area contributed by atoms with Gasteiger partial charge in [0.05, 0.1) is 22.4 Å². The fourth-order valence-electron chi connectivity index (χ4n) is 6.85. The average Bonchev–Trinajstić information content (AvgIpc) is 3.66. The van der Waals surface area contributed by atoms with Gasteiger partial charge in [0.25, 0.3) is 0 Å². The molecule has 0 saturated heterocycles. The highest BCUT2D eigenvalue weighted by Crippen LogP contribution is 2.47. The van der Waals surface area contributed by atoms with E-state index in [-0.39, 0.29) is 0 Å². The summed E-state index contributed by atoms with van der Waals surface area (Å²) in [6.45, 7) is 0. The summed E-state index contributed by atoms with van der Waals surface area (Å²) in [4.78, 5) is 2.43. The van der Waals surface area contributed by atoms with Gasteiger partial charge in [-0.25, -0.2) is 0 Å². The van der Waals surface area contributed by atoms with E-state index < -0.39 is 0 Å². The molecule has 2 aromatic heterocycles. The highest BCUT2D eigenvalue weighted by atomic mass is 32.1. The lowest BCUT2D eigenvalue weighted by atomic mass is 10.00. The van der Waals surface area contributed by atoms with Gasteiger partial charge in [-0.3, -0.25) is 0 Å². The molecule has 0 aliphatic heterocycles. The van der Waals surface area contributed by atoms with Gasteiger partial charge >= 0.3 is 0 Å². The Morgan fingerprint density at radius 2 is 1.04 bits per heavy atom. The summed E-state index contributed by atoms with van der Waals surface area (Å²) in [7, 11) is 0. The van der Waals surface area contributed by atoms with Crippen molar-refractivity contribution < 1.29 is 0 Å². The van der Waals surface area contributed by atoms with Crippen molar-refractivity contribution in [1.29, 1.82) is 0 Å². The Bertz CT molecular complexity index is 2450. The Labute approximate surface area is 265 Å². The molecule has 0 atom stereocenters. The molecule has 9 rings (SSSR count). The predicted molar refractivity (Wildman–Crippen MR) is 194 cm³/mol. The number of benzene rings is 7. The molecule has 212 valence electrons. The van der Waals surface area contributed by atoms with Crippen LogP contribution in [0.15, 0.2) is 170 Å². The molecule has 0 amide bonds. The zero-order valence-electron chi connectivity index (χ0n) is 24.5. The second-order valence-corrected chi connectivity index (χ2v) is 12.4. The van der Waals surface area contributed by atoms with E-state index >= 15 is 0 Å². The zero-order chi connectivity index (χ0) is 29.7. The van der Waals surface area contributed by atoms with E-state index in [1.54, 1.807) is 0 Å². The molecule has 0 radical (unpaired) electrons. The first kappa shape index (κ1) is 25.8. The van der Waals surface area contributed by atoms with E-state index in [0.29, 0.717) is 0 Å². The van der Waals surface area contributed by atoms with E-state index in [4.69, 9.17) is 0 Å². The van der Waals surface area contributed by atoms with Crippen molar-refractivity contribution in [2.45, 2.75) is 0 Å². The van der Waals surface area contributed by atoms with E-state index in [9.17, 15) is 0 Å². The van der Waals surface area contributed by atoms with Gasteiger partial charge in [0.15, 0.2) is 0 Å². The van der Waals surface area contributed by atoms with Gasteiger partial charge in [-0.2, -0.15) is 0 Å². The van der Waals surface area contributed by atoms with Gasteiger partial charge in [0, 0.05) is 47.9 Å². The van der Waals surface area contributed by atoms with Gasteiger partial charge in [0.1, 0.15) is 0 Å². The highest BCUT2D eigenvalue weighted by Gasteiger charge is 2.21. The van der Waals surface area contributed by atoms with Crippen molar-refractivity contribution in [3.8, 4) is 16.8 Å². The first-order valence-corrected chi connectivity index (χ1v) is 16.1. The van der Waals surface area contributed by atoms with Gasteiger partial charge < -0.3 is 9.47 Å². The molecule has 0 aliphatic carbocycles. The van der Waals surface area contributed by atoms with Crippen molar-refractivity contribution >= 4 is 70.4 Å². The number of hydrogen-bond acceptors (Lipinski definition) is 2. The van der Waals surface area contributed by atoms with Crippen LogP contribution in [0.4, 0.5) is 17.1 Å². The van der Waals surface area contributed by atoms with Crippen LogP contribution in [0.25, 0.3) is 58.8 Å². The molecule has 0 saturated carbocycles. The smallest absolute Gasteiger partial charge is 0.0555 e. The molecule has 0 unspecified atom stereocenters. The van der Waals surface area contributed by atoms with E-state index in [2.05, 4.69) is 179 Å². The number of rotatable bonds is 5. The summed E-state index contributed by atoms with van der Waals surface area (Å²) in [5.41, 5.74) is 9.39. The molecule has 9 aromatic rings. The molecule has 0 fully saturated rings. The standard InChI is InChI=1S/C42H28N2S/c1-2-15-30(16-3-1)43(39-25-13-27-41-42(39)35-21-7-11-26-40(35)45-41)36-22-8-4-18-32(36)29-14-12-17-31(28-29)44-37-23-9-5-19-33(37)34-20-6-10-24-38(34)44/h1-28H. The van der Waals surface area contributed by atoms with Crippen molar-refractivity contribution in [3.63, 3.8) is 0 Å². The van der Waals surface area contributed by atoms with Crippen LogP contribution in [-0.4, -0.2) is 4.57 Å². The molecule has 3 heteroatoms. The summed E-state index contributed by atoms with van der Waals surface area (Å²) in [6.07, 6.45) is 0. The lowest BCUT2D eigenvalue weighted by Gasteiger charge is -2.28. The Kier molecular flexibility index (Phi) is 6.03. The molecule has 0 N–H and O–H groups in total. The third-order valence-corrected chi connectivity index (χ3v) is 9.91. The van der Waals surface area contributed by atoms with Gasteiger partial charge in [-0.1, -0.05) is 109 Å². The maximum Gasteiger partial charge on any atom is 0.0555 e. The summed E-state index contributed by atoms with van der Waals surface area (Å²) < 4.78 is 4.99. The van der Waals surface area contributed by atoms with Gasteiger partial charge in [-0.05, 0) is 66.2 Å². The quantitative estimate of drug-likeness (QED) is 0.193. The highest BCUT2D eigenvalue weighted by molar-refractivity contribution is 7.26. The molecule has 0 spiro atoms. The maximum absolute atomic E-state index is 2.43. The van der Waals surface area contributed by atoms with Gasteiger partial charge in [0.2, 0.25) is 0 Å². The second-order valence-electron chi connectivity index (χ2n) is 11.4. The molecular formula is C42H28N2S. The third-order valence-electron chi connectivity index (χ3n) is 8.78. The lowest BCUT2D eigenvalue weighted by Crippen LogP contribution is -2.11. The lowest BCUT2D eigenvalue weighted by molar-refractivity contribution is 1.18. The zero-order valence-corrected chi connectivity index (χ0v) is 25.3. The SMILES string of the molecule is c1ccc(N(c2ccccc2-c2cccc(-n3c4ccccc4c4ccccc43)c2)c2cccc3sc4ccccc4c23)cc1. The van der Waals surface area contributed by atoms with Crippen molar-refractivity contribution in [3.05, 3.63) is 170 Å². The fraction of sp³-hybridized carbons (Fsp3) is 0. The normalized spacial score (nSPS) is 11.6. The summed E-state index contributed by atoms with van der Waals surface area (Å²) in [5, 5.41) is 5.12. The number of hydrogen-bond donors (Lipinski definition) is 0. The van der Waals surface area contributed by atoms with E-state index in [1.165, 1.54) is 58.8 Å². The molecular weight excluding hydrogens is 565 g/mol. The monoisotopic (exact) mass is 592 g/mol. The summed E-state index contributed by atoms with van der Waals surface area (Å²) in [5.74, 6) is 0. The minimum Gasteiger partial charge on any atom is -0.309 e. The number of aromatic nitrogens is 1. The van der Waals surface area contributed by atoms with Crippen LogP contribution in [0.3, 0.4) is 0 Å². The number of fused-ring (bicyclic) bond motifs is 6. The van der Waals surface area contributed by atoms with E-state index in [1.807, 2.05) is 11.3 Å². The first-order valence-electron chi connectivity index (χ1n) is 15.3. The molecule has 45 heavy (non-hydrogen) atoms. The third kappa shape index (κ3) is 4.16. The van der Waals surface area contributed by atoms with Crippen LogP contribution >= 0.6 is 11.3 Å². The topological polar surface area (TPSA) is 8.17 Å². The summed E-state index contributed by atoms with van der Waals surface area (Å²) >= 11 is 1.86. The average molecular weight is 593 g/mol. The number of para-hydroxylation sites is 4. The Balaban J connectivity index is 1.28. The maximum atomic E-state index is 2.43. The van der Waals surface area contributed by atoms with Crippen LogP contribution in [0, 0.1) is 0 Å². The minimum atomic E-state index is 1.13. The Morgan fingerprint density at radius 3 is 1.84 bits per heavy atom. The Hall–Kier alpha value is -5.64. The van der Waals surface area contributed by atoms with Crippen molar-refractivity contribution in [2.24, 2.45) is 0 Å². The molecule has 2 nitrogen and oxygen atoms in total. The molecule has 0 bridgehead atoms. The first-order chi connectivity index (χ1) is 22.3. The molecule has 0 aliphatic rings. The predicted octanol–water partition coefficient (Wildman–Crippen LogP) is 12.3. The van der Waals surface area contributed by atoms with Crippen LogP contribution in [0.2, 0.25) is 0 Å². The summed E-state index contributed by atoms with van der Waals surface area (Å²) in [6, 6.07) is 61.4. The number of nitrogens with zero attached hydrogens (tertiary/aromatic N) is 2. The van der Waals surface area contributed by atoms with Gasteiger partial charge in [-0.15, -0.1) is 11.3 Å². The van der Waals surface area contributed by atoms with Crippen LogP contribution in [0.1, 0.15) is 0 Å². The van der Waals surface area contributed by atoms with Crippen molar-refractivity contribution in [1.82, 2.24) is 4.57 Å². The minimum absolute atomic E-state index is 1.13. The largest absolute Gasteiger partial charge is 0.309 e. The Morgan fingerprint density at radius 1 is 0.444 bits per heavy atom. The van der Waals surface area contributed by atoms with Crippen LogP contribution < -0.4 is 4.90 Å². The van der Waals surface area contributed by atoms with Crippen LogP contribution in [0.5, 0.6) is 0 Å². The molecule has 2 heterocycles. The second kappa shape index (κ2) is 10.5. The number of thiophene rings is 1.